The Morgan fingerprint density at radius 3 is 2.89 bits per heavy atom. The van der Waals surface area contributed by atoms with Gasteiger partial charge in [-0.2, -0.15) is 0 Å². The number of carbonyl (C=O) groups excluding carboxylic acids is 2. The Labute approximate surface area is 226 Å². The minimum atomic E-state index is -0.547. The van der Waals surface area contributed by atoms with Gasteiger partial charge in [0.25, 0.3) is 5.91 Å². The van der Waals surface area contributed by atoms with Crippen molar-refractivity contribution in [1.29, 1.82) is 0 Å². The van der Waals surface area contributed by atoms with Gasteiger partial charge in [-0.1, -0.05) is 35.9 Å². The first-order chi connectivity index (χ1) is 18.6. The van der Waals surface area contributed by atoms with E-state index in [1.165, 1.54) is 0 Å². The number of piperidine rings is 1. The number of nitrogens with one attached hydrogen (secondary N) is 2. The molecule has 1 aromatic heterocycles. The lowest BCUT2D eigenvalue weighted by Gasteiger charge is -2.35. The van der Waals surface area contributed by atoms with Crippen molar-refractivity contribution in [3.63, 3.8) is 0 Å². The fraction of sp³-hybridized carbons (Fsp3) is 0.414. The van der Waals surface area contributed by atoms with Crippen LogP contribution in [-0.2, 0) is 0 Å². The lowest BCUT2D eigenvalue weighted by Crippen LogP contribution is -2.50. The molecule has 3 aromatic rings. The zero-order valence-corrected chi connectivity index (χ0v) is 22.3. The Bertz CT molecular complexity index is 1350. The number of likely N-dealkylation sites (tertiary alicyclic amines) is 1. The predicted octanol–water partition coefficient (Wildman–Crippen LogP) is 5.58. The third-order valence-corrected chi connectivity index (χ3v) is 8.54. The van der Waals surface area contributed by atoms with E-state index < -0.39 is 6.09 Å². The van der Waals surface area contributed by atoms with Gasteiger partial charge in [0.15, 0.2) is 5.75 Å². The van der Waals surface area contributed by atoms with Crippen molar-refractivity contribution >= 4 is 29.0 Å². The van der Waals surface area contributed by atoms with Crippen molar-refractivity contribution in [3.05, 3.63) is 58.7 Å². The van der Waals surface area contributed by atoms with E-state index in [2.05, 4.69) is 35.8 Å². The molecule has 1 saturated carbocycles. The average Bonchev–Trinajstić information content (AvgIpc) is 3.70. The summed E-state index contributed by atoms with van der Waals surface area (Å²) in [5.74, 6) is 1.52. The number of amides is 2. The Kier molecular flexibility index (Phi) is 6.93. The second-order valence-corrected chi connectivity index (χ2v) is 11.2. The smallest absolute Gasteiger partial charge is 0.412 e. The number of hydrogen-bond acceptors (Lipinski definition) is 7. The van der Waals surface area contributed by atoms with Gasteiger partial charge in [-0.3, -0.25) is 4.79 Å². The standard InChI is InChI=1S/C29H32N4O4S/c1-18-6-4-7-20(16-18)26-25(32-27(38-26)19-11-12-19)28(34)33-14-3-2-8-21(33)17-31-29(35)37-23-10-5-9-22-24(23)30-13-15-36-22/h4-7,9-10,16,19,21,30H,2-3,8,11-15,17H2,1H3,(H,31,35)/t21-/m0/s1. The monoisotopic (exact) mass is 532 g/mol. The first-order valence-corrected chi connectivity index (χ1v) is 14.2. The van der Waals surface area contributed by atoms with Gasteiger partial charge in [0.1, 0.15) is 23.7 Å². The van der Waals surface area contributed by atoms with E-state index >= 15 is 0 Å². The maximum atomic E-state index is 13.9. The lowest BCUT2D eigenvalue weighted by molar-refractivity contribution is 0.0607. The Balaban J connectivity index is 1.17. The number of para-hydroxylation sites is 1. The van der Waals surface area contributed by atoms with Crippen molar-refractivity contribution in [2.24, 2.45) is 0 Å². The molecule has 8 nitrogen and oxygen atoms in total. The summed E-state index contributed by atoms with van der Waals surface area (Å²) < 4.78 is 11.2. The highest BCUT2D eigenvalue weighted by Gasteiger charge is 2.34. The van der Waals surface area contributed by atoms with Crippen LogP contribution in [0.15, 0.2) is 42.5 Å². The molecule has 2 N–H and O–H groups in total. The Morgan fingerprint density at radius 1 is 1.18 bits per heavy atom. The molecule has 3 aliphatic rings. The molecule has 3 heterocycles. The van der Waals surface area contributed by atoms with E-state index in [1.807, 2.05) is 17.0 Å². The molecule has 198 valence electrons. The van der Waals surface area contributed by atoms with Gasteiger partial charge in [-0.25, -0.2) is 9.78 Å². The average molecular weight is 533 g/mol. The molecule has 2 aromatic carbocycles. The summed E-state index contributed by atoms with van der Waals surface area (Å²) in [4.78, 5) is 34.4. The molecule has 2 fully saturated rings. The second-order valence-electron chi connectivity index (χ2n) is 10.2. The van der Waals surface area contributed by atoms with Crippen molar-refractivity contribution in [3.8, 4) is 21.9 Å². The maximum Gasteiger partial charge on any atom is 0.412 e. The minimum Gasteiger partial charge on any atom is -0.489 e. The number of aryl methyl sites for hydroxylation is 1. The molecule has 9 heteroatoms. The van der Waals surface area contributed by atoms with Crippen molar-refractivity contribution in [2.75, 3.05) is 31.6 Å². The summed E-state index contributed by atoms with van der Waals surface area (Å²) in [6.45, 7) is 4.26. The summed E-state index contributed by atoms with van der Waals surface area (Å²) in [6.07, 6.45) is 4.50. The first kappa shape index (κ1) is 24.7. The zero-order valence-electron chi connectivity index (χ0n) is 21.5. The van der Waals surface area contributed by atoms with Crippen LogP contribution in [0.5, 0.6) is 11.5 Å². The van der Waals surface area contributed by atoms with Gasteiger partial charge in [0.2, 0.25) is 0 Å². The van der Waals surface area contributed by atoms with Gasteiger partial charge in [-0.05, 0) is 56.7 Å². The summed E-state index contributed by atoms with van der Waals surface area (Å²) >= 11 is 1.65. The highest BCUT2D eigenvalue weighted by molar-refractivity contribution is 7.15. The van der Waals surface area contributed by atoms with E-state index in [0.29, 0.717) is 55.0 Å². The van der Waals surface area contributed by atoms with Crippen LogP contribution in [0.25, 0.3) is 10.4 Å². The number of rotatable bonds is 6. The molecular weight excluding hydrogens is 500 g/mol. The number of thiazole rings is 1. The highest BCUT2D eigenvalue weighted by Crippen LogP contribution is 2.45. The predicted molar refractivity (Wildman–Crippen MR) is 147 cm³/mol. The number of aromatic nitrogens is 1. The van der Waals surface area contributed by atoms with Crippen molar-refractivity contribution < 1.29 is 19.1 Å². The molecular formula is C29H32N4O4S. The topological polar surface area (TPSA) is 92.8 Å². The van der Waals surface area contributed by atoms with Gasteiger partial charge in [0.05, 0.1) is 9.88 Å². The number of benzene rings is 2. The molecule has 2 amide bonds. The van der Waals surface area contributed by atoms with E-state index in [9.17, 15) is 9.59 Å². The fourth-order valence-electron chi connectivity index (χ4n) is 5.15. The molecule has 1 saturated heterocycles. The van der Waals surface area contributed by atoms with Crippen LogP contribution in [0.1, 0.15) is 59.1 Å². The number of nitrogens with zero attached hydrogens (tertiary/aromatic N) is 2. The van der Waals surface area contributed by atoms with E-state index in [4.69, 9.17) is 14.5 Å². The molecule has 0 spiro atoms. The molecule has 1 aliphatic carbocycles. The van der Waals surface area contributed by atoms with Gasteiger partial charge < -0.3 is 25.0 Å². The molecule has 0 unspecified atom stereocenters. The van der Waals surface area contributed by atoms with E-state index in [1.54, 1.807) is 23.5 Å². The summed E-state index contributed by atoms with van der Waals surface area (Å²) in [5.41, 5.74) is 3.42. The number of hydrogen-bond donors (Lipinski definition) is 2. The molecule has 0 radical (unpaired) electrons. The van der Waals surface area contributed by atoms with Crippen LogP contribution in [0.2, 0.25) is 0 Å². The van der Waals surface area contributed by atoms with Crippen LogP contribution in [0.3, 0.4) is 0 Å². The van der Waals surface area contributed by atoms with E-state index in [0.717, 1.165) is 53.1 Å². The minimum absolute atomic E-state index is 0.0528. The molecule has 6 rings (SSSR count). The van der Waals surface area contributed by atoms with Crippen LogP contribution in [0, 0.1) is 6.92 Å². The summed E-state index contributed by atoms with van der Waals surface area (Å²) in [5, 5.41) is 7.18. The number of anilines is 1. The lowest BCUT2D eigenvalue weighted by atomic mass is 10.0. The molecule has 1 atom stereocenters. The first-order valence-electron chi connectivity index (χ1n) is 13.4. The molecule has 2 aliphatic heterocycles. The maximum absolute atomic E-state index is 13.9. The number of ether oxygens (including phenoxy) is 2. The van der Waals surface area contributed by atoms with Crippen LogP contribution < -0.4 is 20.1 Å². The van der Waals surface area contributed by atoms with Crippen LogP contribution in [0.4, 0.5) is 10.5 Å². The highest BCUT2D eigenvalue weighted by atomic mass is 32.1. The second kappa shape index (κ2) is 10.6. The third-order valence-electron chi connectivity index (χ3n) is 7.28. The van der Waals surface area contributed by atoms with Gasteiger partial charge in [0, 0.05) is 31.6 Å². The largest absolute Gasteiger partial charge is 0.489 e. The number of carbonyl (C=O) groups is 2. The normalized spacial score (nSPS) is 18.7. The van der Waals surface area contributed by atoms with Crippen molar-refractivity contribution in [2.45, 2.75) is 51.0 Å². The van der Waals surface area contributed by atoms with Gasteiger partial charge in [-0.15, -0.1) is 11.3 Å². The summed E-state index contributed by atoms with van der Waals surface area (Å²) in [7, 11) is 0. The van der Waals surface area contributed by atoms with Crippen molar-refractivity contribution in [1.82, 2.24) is 15.2 Å². The van der Waals surface area contributed by atoms with Gasteiger partial charge >= 0.3 is 6.09 Å². The zero-order chi connectivity index (χ0) is 26.1. The third kappa shape index (κ3) is 5.20. The molecule has 38 heavy (non-hydrogen) atoms. The summed E-state index contributed by atoms with van der Waals surface area (Å²) in [6, 6.07) is 13.5. The quantitative estimate of drug-likeness (QED) is 0.430. The van der Waals surface area contributed by atoms with E-state index in [-0.39, 0.29) is 11.9 Å². The fourth-order valence-corrected chi connectivity index (χ4v) is 6.37. The Hall–Kier alpha value is -3.59. The SMILES string of the molecule is Cc1cccc(-c2sc(C3CC3)nc2C(=O)N2CCCC[C@H]2CNC(=O)Oc2cccc3c2NCCO3)c1. The Morgan fingerprint density at radius 2 is 2.05 bits per heavy atom. The molecule has 0 bridgehead atoms. The van der Waals surface area contributed by atoms with Crippen LogP contribution in [-0.4, -0.2) is 54.2 Å². The number of fused-ring (bicyclic) bond motifs is 1. The van der Waals surface area contributed by atoms with Crippen LogP contribution >= 0.6 is 11.3 Å².